The lowest BCUT2D eigenvalue weighted by atomic mass is 9.93. The number of nitrogens with zero attached hydrogens (tertiary/aromatic N) is 1. The zero-order chi connectivity index (χ0) is 15.7. The number of ether oxygens (including phenoxy) is 1. The number of benzene rings is 1. The van der Waals surface area contributed by atoms with E-state index in [-0.39, 0.29) is 17.9 Å². The fraction of sp³-hybridized carbons (Fsp3) is 0.471. The zero-order valence-electron chi connectivity index (χ0n) is 12.7. The summed E-state index contributed by atoms with van der Waals surface area (Å²) < 4.78 is 21.8. The first-order valence-corrected chi connectivity index (χ1v) is 7.72. The molecule has 1 aromatic heterocycles. The van der Waals surface area contributed by atoms with E-state index in [1.807, 2.05) is 11.5 Å². The molecule has 1 aliphatic heterocycles. The molecule has 2 aromatic rings. The second-order valence-corrected chi connectivity index (χ2v) is 5.57. The number of rotatable bonds is 5. The number of aromatic nitrogens is 1. The van der Waals surface area contributed by atoms with Crippen LogP contribution in [0.4, 0.5) is 4.39 Å². The highest BCUT2D eigenvalue weighted by atomic mass is 19.1. The van der Waals surface area contributed by atoms with E-state index < -0.39 is 0 Å². The van der Waals surface area contributed by atoms with Gasteiger partial charge >= 0.3 is 0 Å². The van der Waals surface area contributed by atoms with Gasteiger partial charge in [-0.15, -0.1) is 0 Å². The highest BCUT2D eigenvalue weighted by molar-refractivity contribution is 5.84. The molecular weight excluding hydrogens is 285 g/mol. The predicted molar refractivity (Wildman–Crippen MR) is 82.6 cm³/mol. The van der Waals surface area contributed by atoms with Crippen molar-refractivity contribution in [3.63, 3.8) is 0 Å². The van der Waals surface area contributed by atoms with Crippen LogP contribution >= 0.6 is 0 Å². The first kappa shape index (κ1) is 15.2. The molecule has 118 valence electrons. The van der Waals surface area contributed by atoms with Crippen molar-refractivity contribution in [2.75, 3.05) is 13.2 Å². The summed E-state index contributed by atoms with van der Waals surface area (Å²) in [7, 11) is 0. The Labute approximate surface area is 128 Å². The van der Waals surface area contributed by atoms with Gasteiger partial charge in [0, 0.05) is 30.3 Å². The summed E-state index contributed by atoms with van der Waals surface area (Å²) in [5, 5.41) is 9.90. The Hall–Kier alpha value is -1.72. The Balaban J connectivity index is 2.25. The predicted octanol–water partition coefficient (Wildman–Crippen LogP) is 2.16. The number of hydrogen-bond acceptors (Lipinski definition) is 3. The highest BCUT2D eigenvalue weighted by Crippen LogP contribution is 2.30. The Bertz CT molecular complexity index is 767. The summed E-state index contributed by atoms with van der Waals surface area (Å²) in [5.41, 5.74) is 2.70. The van der Waals surface area contributed by atoms with Gasteiger partial charge in [-0.05, 0) is 43.4 Å². The van der Waals surface area contributed by atoms with E-state index in [0.29, 0.717) is 36.3 Å². The number of halogens is 1. The summed E-state index contributed by atoms with van der Waals surface area (Å²) in [6, 6.07) is 2.75. The minimum atomic E-state index is -0.329. The van der Waals surface area contributed by atoms with Gasteiger partial charge in [0.05, 0.1) is 18.7 Å². The molecule has 0 atom stereocenters. The molecule has 0 aliphatic carbocycles. The maximum atomic E-state index is 14.5. The molecular formula is C17H20FNO3. The Morgan fingerprint density at radius 3 is 2.95 bits per heavy atom. The summed E-state index contributed by atoms with van der Waals surface area (Å²) in [4.78, 5) is 12.2. The van der Waals surface area contributed by atoms with Gasteiger partial charge in [-0.1, -0.05) is 0 Å². The van der Waals surface area contributed by atoms with Gasteiger partial charge in [0.2, 0.25) is 0 Å². The second kappa shape index (κ2) is 6.18. The summed E-state index contributed by atoms with van der Waals surface area (Å²) in [5.74, 6) is -0.329. The van der Waals surface area contributed by atoms with E-state index in [4.69, 9.17) is 4.74 Å². The molecule has 0 spiro atoms. The van der Waals surface area contributed by atoms with Crippen LogP contribution in [0.5, 0.6) is 0 Å². The molecule has 0 amide bonds. The number of aryl methyl sites for hydroxylation is 2. The Kier molecular flexibility index (Phi) is 4.27. The molecule has 0 radical (unpaired) electrons. The van der Waals surface area contributed by atoms with Crippen molar-refractivity contribution in [1.29, 1.82) is 0 Å². The van der Waals surface area contributed by atoms with E-state index in [0.717, 1.165) is 30.5 Å². The van der Waals surface area contributed by atoms with Gasteiger partial charge in [0.1, 0.15) is 5.82 Å². The number of hydrogen-bond donors (Lipinski definition) is 1. The quantitative estimate of drug-likeness (QED) is 0.861. The first-order valence-electron chi connectivity index (χ1n) is 7.72. The van der Waals surface area contributed by atoms with Crippen LogP contribution in [0.3, 0.4) is 0 Å². The van der Waals surface area contributed by atoms with Crippen molar-refractivity contribution >= 4 is 10.9 Å². The largest absolute Gasteiger partial charge is 0.390 e. The normalized spacial score (nSPS) is 13.8. The number of pyridine rings is 1. The monoisotopic (exact) mass is 305 g/mol. The molecule has 2 heterocycles. The van der Waals surface area contributed by atoms with Crippen LogP contribution in [-0.2, 0) is 30.7 Å². The molecule has 0 unspecified atom stereocenters. The summed E-state index contributed by atoms with van der Waals surface area (Å²) in [6.07, 6.45) is 2.13. The minimum absolute atomic E-state index is 0.184. The SMILES string of the molecule is CCOCCc1c(F)cc2c(=O)cc(CO)n3c2c1CCC3. The van der Waals surface area contributed by atoms with Crippen LogP contribution in [0.25, 0.3) is 10.9 Å². The van der Waals surface area contributed by atoms with Crippen LogP contribution < -0.4 is 5.43 Å². The van der Waals surface area contributed by atoms with Crippen molar-refractivity contribution in [3.8, 4) is 0 Å². The topological polar surface area (TPSA) is 51.5 Å². The van der Waals surface area contributed by atoms with Crippen molar-refractivity contribution < 1.29 is 14.2 Å². The second-order valence-electron chi connectivity index (χ2n) is 5.57. The van der Waals surface area contributed by atoms with Crippen LogP contribution in [0.1, 0.15) is 30.2 Å². The van der Waals surface area contributed by atoms with Gasteiger partial charge in [-0.25, -0.2) is 4.39 Å². The van der Waals surface area contributed by atoms with Gasteiger partial charge in [0.25, 0.3) is 0 Å². The average Bonchev–Trinajstić information content (AvgIpc) is 2.53. The van der Waals surface area contributed by atoms with E-state index in [1.165, 1.54) is 12.1 Å². The summed E-state index contributed by atoms with van der Waals surface area (Å²) in [6.45, 7) is 3.54. The van der Waals surface area contributed by atoms with Crippen molar-refractivity contribution in [2.45, 2.75) is 39.3 Å². The maximum Gasteiger partial charge on any atom is 0.189 e. The van der Waals surface area contributed by atoms with Crippen molar-refractivity contribution in [3.05, 3.63) is 45.0 Å². The van der Waals surface area contributed by atoms with Crippen LogP contribution in [0.2, 0.25) is 0 Å². The van der Waals surface area contributed by atoms with Gasteiger partial charge in [-0.2, -0.15) is 0 Å². The van der Waals surface area contributed by atoms with E-state index in [9.17, 15) is 14.3 Å². The number of aliphatic hydroxyl groups excluding tert-OH is 1. The van der Waals surface area contributed by atoms with E-state index in [1.54, 1.807) is 0 Å². The molecule has 1 aliphatic rings. The van der Waals surface area contributed by atoms with Crippen molar-refractivity contribution in [1.82, 2.24) is 4.57 Å². The molecule has 22 heavy (non-hydrogen) atoms. The molecule has 0 saturated carbocycles. The van der Waals surface area contributed by atoms with Crippen molar-refractivity contribution in [2.24, 2.45) is 0 Å². The number of aliphatic hydroxyl groups is 1. The lowest BCUT2D eigenvalue weighted by molar-refractivity contribution is 0.150. The molecule has 4 nitrogen and oxygen atoms in total. The molecule has 0 bridgehead atoms. The van der Waals surface area contributed by atoms with Crippen LogP contribution in [-0.4, -0.2) is 22.9 Å². The molecule has 0 fully saturated rings. The van der Waals surface area contributed by atoms with E-state index in [2.05, 4.69) is 0 Å². The van der Waals surface area contributed by atoms with Gasteiger partial charge in [-0.3, -0.25) is 4.79 Å². The lowest BCUT2D eigenvalue weighted by Crippen LogP contribution is -2.21. The fourth-order valence-electron chi connectivity index (χ4n) is 3.34. The van der Waals surface area contributed by atoms with E-state index >= 15 is 0 Å². The van der Waals surface area contributed by atoms with Crippen LogP contribution in [0.15, 0.2) is 16.9 Å². The van der Waals surface area contributed by atoms with Gasteiger partial charge < -0.3 is 14.4 Å². The minimum Gasteiger partial charge on any atom is -0.390 e. The Morgan fingerprint density at radius 2 is 2.23 bits per heavy atom. The lowest BCUT2D eigenvalue weighted by Gasteiger charge is -2.25. The van der Waals surface area contributed by atoms with Crippen LogP contribution in [0, 0.1) is 5.82 Å². The zero-order valence-corrected chi connectivity index (χ0v) is 12.7. The average molecular weight is 305 g/mol. The standard InChI is InChI=1S/C17H20FNO3/c1-2-22-7-5-12-13-4-3-6-19-11(10-20)8-16(21)14(17(13)19)9-15(12)18/h8-9,20H,2-7,10H2,1H3. The third-order valence-electron chi connectivity index (χ3n) is 4.32. The Morgan fingerprint density at radius 1 is 1.41 bits per heavy atom. The smallest absolute Gasteiger partial charge is 0.189 e. The first-order chi connectivity index (χ1) is 10.7. The van der Waals surface area contributed by atoms with Gasteiger partial charge in [0.15, 0.2) is 5.43 Å². The maximum absolute atomic E-state index is 14.5. The third-order valence-corrected chi connectivity index (χ3v) is 4.32. The molecule has 1 aromatic carbocycles. The molecule has 0 saturated heterocycles. The third kappa shape index (κ3) is 2.44. The molecule has 3 rings (SSSR count). The fourth-order valence-corrected chi connectivity index (χ4v) is 3.34. The molecule has 1 N–H and O–H groups in total. The highest BCUT2D eigenvalue weighted by Gasteiger charge is 2.22. The molecule has 5 heteroatoms. The summed E-state index contributed by atoms with van der Waals surface area (Å²) >= 11 is 0.